The molecule has 0 fully saturated rings. The van der Waals surface area contributed by atoms with E-state index < -0.39 is 0 Å². The molecule has 0 spiro atoms. The van der Waals surface area contributed by atoms with Crippen LogP contribution in [0.4, 0.5) is 0 Å². The summed E-state index contributed by atoms with van der Waals surface area (Å²) < 4.78 is 1.76. The maximum Gasteiger partial charge on any atom is 0.253 e. The normalized spacial score (nSPS) is 10.2. The second-order valence-electron chi connectivity index (χ2n) is 3.23. The zero-order valence-electron chi connectivity index (χ0n) is 8.84. The SMILES string of the molecule is CCN(CCCl)C(=O)c1cc(Br)cc(Br)c1. The first-order valence-electron chi connectivity index (χ1n) is 4.89. The van der Waals surface area contributed by atoms with E-state index in [1.54, 1.807) is 4.90 Å². The molecule has 0 aliphatic carbocycles. The van der Waals surface area contributed by atoms with Gasteiger partial charge in [0.15, 0.2) is 0 Å². The van der Waals surface area contributed by atoms with Gasteiger partial charge in [-0.3, -0.25) is 4.79 Å². The van der Waals surface area contributed by atoms with Crippen LogP contribution < -0.4 is 0 Å². The van der Waals surface area contributed by atoms with Crippen molar-refractivity contribution >= 4 is 49.4 Å². The first-order valence-corrected chi connectivity index (χ1v) is 7.02. The Kier molecular flexibility index (Phi) is 5.79. The number of halogens is 3. The predicted octanol–water partition coefficient (Wildman–Crippen LogP) is 3.91. The van der Waals surface area contributed by atoms with Gasteiger partial charge in [0, 0.05) is 33.5 Å². The summed E-state index contributed by atoms with van der Waals surface area (Å²) in [7, 11) is 0. The molecule has 0 aliphatic heterocycles. The molecular formula is C11H12Br2ClNO. The maximum atomic E-state index is 12.1. The van der Waals surface area contributed by atoms with Crippen LogP contribution in [0.3, 0.4) is 0 Å². The molecule has 0 saturated heterocycles. The molecule has 0 saturated carbocycles. The van der Waals surface area contributed by atoms with Crippen molar-refractivity contribution in [3.8, 4) is 0 Å². The highest BCUT2D eigenvalue weighted by atomic mass is 79.9. The smallest absolute Gasteiger partial charge is 0.253 e. The minimum atomic E-state index is 0.00477. The number of hydrogen-bond acceptors (Lipinski definition) is 1. The lowest BCUT2D eigenvalue weighted by Gasteiger charge is -2.19. The second kappa shape index (κ2) is 6.62. The predicted molar refractivity (Wildman–Crippen MR) is 74.1 cm³/mol. The molecule has 2 nitrogen and oxygen atoms in total. The van der Waals surface area contributed by atoms with E-state index >= 15 is 0 Å². The largest absolute Gasteiger partial charge is 0.338 e. The molecule has 0 N–H and O–H groups in total. The molecule has 0 aliphatic rings. The monoisotopic (exact) mass is 367 g/mol. The molecule has 5 heteroatoms. The minimum absolute atomic E-state index is 0.00477. The number of rotatable bonds is 4. The molecule has 88 valence electrons. The fourth-order valence-electron chi connectivity index (χ4n) is 1.37. The molecule has 0 radical (unpaired) electrons. The Bertz CT molecular complexity index is 364. The molecule has 1 aromatic carbocycles. The van der Waals surface area contributed by atoms with Gasteiger partial charge in [-0.15, -0.1) is 11.6 Å². The second-order valence-corrected chi connectivity index (χ2v) is 5.44. The number of hydrogen-bond donors (Lipinski definition) is 0. The van der Waals surface area contributed by atoms with Crippen LogP contribution in [0.25, 0.3) is 0 Å². The molecule has 0 heterocycles. The summed E-state index contributed by atoms with van der Waals surface area (Å²) in [6, 6.07) is 5.52. The van der Waals surface area contributed by atoms with Crippen LogP contribution in [0.2, 0.25) is 0 Å². The van der Waals surface area contributed by atoms with Crippen molar-refractivity contribution in [2.75, 3.05) is 19.0 Å². The topological polar surface area (TPSA) is 20.3 Å². The Morgan fingerprint density at radius 3 is 2.31 bits per heavy atom. The number of alkyl halides is 1. The van der Waals surface area contributed by atoms with Gasteiger partial charge in [0.25, 0.3) is 5.91 Å². The average molecular weight is 369 g/mol. The van der Waals surface area contributed by atoms with E-state index in [2.05, 4.69) is 31.9 Å². The van der Waals surface area contributed by atoms with Gasteiger partial charge in [0.05, 0.1) is 0 Å². The first kappa shape index (κ1) is 14.0. The molecule has 0 aromatic heterocycles. The van der Waals surface area contributed by atoms with Gasteiger partial charge in [-0.1, -0.05) is 31.9 Å². The van der Waals surface area contributed by atoms with Gasteiger partial charge in [0.1, 0.15) is 0 Å². The van der Waals surface area contributed by atoms with Crippen LogP contribution in [0, 0.1) is 0 Å². The number of carbonyl (C=O) groups excluding carboxylic acids is 1. The molecule has 1 rings (SSSR count). The maximum absolute atomic E-state index is 12.1. The van der Waals surface area contributed by atoms with Crippen molar-refractivity contribution in [3.05, 3.63) is 32.7 Å². The van der Waals surface area contributed by atoms with E-state index in [-0.39, 0.29) is 5.91 Å². The third kappa shape index (κ3) is 3.75. The van der Waals surface area contributed by atoms with Gasteiger partial charge in [-0.25, -0.2) is 0 Å². The van der Waals surface area contributed by atoms with Crippen molar-refractivity contribution in [1.29, 1.82) is 0 Å². The molecule has 0 atom stereocenters. The van der Waals surface area contributed by atoms with E-state index in [0.29, 0.717) is 24.5 Å². The lowest BCUT2D eigenvalue weighted by Crippen LogP contribution is -2.32. The lowest BCUT2D eigenvalue weighted by atomic mass is 10.2. The Morgan fingerprint density at radius 1 is 1.31 bits per heavy atom. The van der Waals surface area contributed by atoms with Crippen molar-refractivity contribution in [3.63, 3.8) is 0 Å². The molecular weight excluding hydrogens is 357 g/mol. The van der Waals surface area contributed by atoms with Crippen LogP contribution >= 0.6 is 43.5 Å². The Labute approximate surface area is 117 Å². The van der Waals surface area contributed by atoms with Gasteiger partial charge >= 0.3 is 0 Å². The van der Waals surface area contributed by atoms with Crippen LogP contribution in [-0.4, -0.2) is 29.8 Å². The summed E-state index contributed by atoms with van der Waals surface area (Å²) in [6.45, 7) is 3.17. The summed E-state index contributed by atoms with van der Waals surface area (Å²) in [5.74, 6) is 0.458. The van der Waals surface area contributed by atoms with E-state index in [4.69, 9.17) is 11.6 Å². The average Bonchev–Trinajstić information content (AvgIpc) is 2.23. The van der Waals surface area contributed by atoms with E-state index in [1.165, 1.54) is 0 Å². The third-order valence-electron chi connectivity index (χ3n) is 2.13. The summed E-state index contributed by atoms with van der Waals surface area (Å²) >= 11 is 12.4. The molecule has 0 unspecified atom stereocenters. The highest BCUT2D eigenvalue weighted by Gasteiger charge is 2.14. The quantitative estimate of drug-likeness (QED) is 0.737. The van der Waals surface area contributed by atoms with Crippen molar-refractivity contribution < 1.29 is 4.79 Å². The molecule has 1 amide bonds. The number of benzene rings is 1. The van der Waals surface area contributed by atoms with Crippen molar-refractivity contribution in [2.45, 2.75) is 6.92 Å². The Balaban J connectivity index is 2.94. The summed E-state index contributed by atoms with van der Waals surface area (Å²) in [6.07, 6.45) is 0. The van der Waals surface area contributed by atoms with Crippen LogP contribution in [0.5, 0.6) is 0 Å². The van der Waals surface area contributed by atoms with E-state index in [1.807, 2.05) is 25.1 Å². The molecule has 1 aromatic rings. The van der Waals surface area contributed by atoms with Gasteiger partial charge in [0.2, 0.25) is 0 Å². The lowest BCUT2D eigenvalue weighted by molar-refractivity contribution is 0.0774. The zero-order valence-corrected chi connectivity index (χ0v) is 12.8. The van der Waals surface area contributed by atoms with E-state index in [9.17, 15) is 4.79 Å². The Hall–Kier alpha value is -0.0600. The van der Waals surface area contributed by atoms with Crippen LogP contribution in [0.15, 0.2) is 27.1 Å². The van der Waals surface area contributed by atoms with Crippen molar-refractivity contribution in [1.82, 2.24) is 4.90 Å². The minimum Gasteiger partial charge on any atom is -0.338 e. The number of amides is 1. The van der Waals surface area contributed by atoms with Crippen LogP contribution in [0.1, 0.15) is 17.3 Å². The Morgan fingerprint density at radius 2 is 1.88 bits per heavy atom. The van der Waals surface area contributed by atoms with Crippen molar-refractivity contribution in [2.24, 2.45) is 0 Å². The summed E-state index contributed by atoms with van der Waals surface area (Å²) in [4.78, 5) is 13.8. The number of nitrogens with zero attached hydrogens (tertiary/aromatic N) is 1. The highest BCUT2D eigenvalue weighted by Crippen LogP contribution is 2.21. The summed E-state index contributed by atoms with van der Waals surface area (Å²) in [5.41, 5.74) is 0.660. The third-order valence-corrected chi connectivity index (χ3v) is 3.22. The van der Waals surface area contributed by atoms with Gasteiger partial charge in [-0.05, 0) is 25.1 Å². The first-order chi connectivity index (χ1) is 7.58. The standard InChI is InChI=1S/C11H12Br2ClNO/c1-2-15(4-3-14)11(16)8-5-9(12)7-10(13)6-8/h5-7H,2-4H2,1H3. The summed E-state index contributed by atoms with van der Waals surface area (Å²) in [5, 5.41) is 0. The van der Waals surface area contributed by atoms with Crippen LogP contribution in [-0.2, 0) is 0 Å². The molecule has 16 heavy (non-hydrogen) atoms. The van der Waals surface area contributed by atoms with Gasteiger partial charge in [-0.2, -0.15) is 0 Å². The van der Waals surface area contributed by atoms with E-state index in [0.717, 1.165) is 8.95 Å². The zero-order chi connectivity index (χ0) is 12.1. The highest BCUT2D eigenvalue weighted by molar-refractivity contribution is 9.11. The fourth-order valence-corrected chi connectivity index (χ4v) is 2.86. The molecule has 0 bridgehead atoms. The fraction of sp³-hybridized carbons (Fsp3) is 0.364. The number of carbonyl (C=O) groups is 1. The van der Waals surface area contributed by atoms with Gasteiger partial charge < -0.3 is 4.90 Å².